The minimum atomic E-state index is -0.120. The molecule has 21 heavy (non-hydrogen) atoms. The Balaban J connectivity index is 2.02. The van der Waals surface area contributed by atoms with Gasteiger partial charge in [-0.1, -0.05) is 24.4 Å². The molecule has 0 amide bonds. The summed E-state index contributed by atoms with van der Waals surface area (Å²) in [7, 11) is 1.49. The Hall–Kier alpha value is -1.27. The molecule has 0 spiro atoms. The monoisotopic (exact) mass is 296 g/mol. The van der Waals surface area contributed by atoms with Gasteiger partial charge in [0.05, 0.1) is 6.42 Å². The number of Topliss-reactive ketones (excluding diaryl/α,β-unsaturated/α-hetero) is 1. The van der Waals surface area contributed by atoms with Gasteiger partial charge >= 0.3 is 0 Å². The molecule has 1 aliphatic carbocycles. The number of carbonyl (C=O) groups is 1. The van der Waals surface area contributed by atoms with E-state index in [1.54, 1.807) is 0 Å². The van der Waals surface area contributed by atoms with Crippen molar-refractivity contribution in [3.05, 3.63) is 11.7 Å². The van der Waals surface area contributed by atoms with Crippen LogP contribution in [-0.4, -0.2) is 36.2 Å². The smallest absolute Gasteiger partial charge is 0.234 e. The number of aromatic nitrogens is 2. The van der Waals surface area contributed by atoms with Crippen molar-refractivity contribution in [2.75, 3.05) is 20.3 Å². The summed E-state index contributed by atoms with van der Waals surface area (Å²) in [6.07, 6.45) is 6.01. The van der Waals surface area contributed by atoms with Crippen LogP contribution in [0.25, 0.3) is 0 Å². The van der Waals surface area contributed by atoms with E-state index in [0.717, 1.165) is 12.8 Å². The largest absolute Gasteiger partial charge is 0.377 e. The predicted molar refractivity (Wildman–Crippen MR) is 75.8 cm³/mol. The van der Waals surface area contributed by atoms with Gasteiger partial charge in [0.25, 0.3) is 0 Å². The average molecular weight is 296 g/mol. The maximum absolute atomic E-state index is 11.5. The second-order valence-electron chi connectivity index (χ2n) is 5.47. The van der Waals surface area contributed by atoms with E-state index in [9.17, 15) is 4.79 Å². The van der Waals surface area contributed by atoms with Gasteiger partial charge in [0.1, 0.15) is 12.7 Å². The van der Waals surface area contributed by atoms with Gasteiger partial charge in [-0.05, 0) is 25.7 Å². The summed E-state index contributed by atoms with van der Waals surface area (Å²) in [5.74, 6) is 1.29. The van der Waals surface area contributed by atoms with Crippen LogP contribution in [0.15, 0.2) is 4.52 Å². The van der Waals surface area contributed by atoms with E-state index in [1.165, 1.54) is 26.4 Å². The fraction of sp³-hybridized carbons (Fsp3) is 0.800. The van der Waals surface area contributed by atoms with E-state index >= 15 is 0 Å². The lowest BCUT2D eigenvalue weighted by Crippen LogP contribution is -2.20. The first-order valence-corrected chi connectivity index (χ1v) is 7.69. The van der Waals surface area contributed by atoms with Gasteiger partial charge in [0.15, 0.2) is 5.78 Å². The van der Waals surface area contributed by atoms with Gasteiger partial charge in [0.2, 0.25) is 11.7 Å². The molecule has 1 unspecified atom stereocenters. The van der Waals surface area contributed by atoms with E-state index in [1.807, 2.05) is 6.92 Å². The zero-order chi connectivity index (χ0) is 15.1. The minimum Gasteiger partial charge on any atom is -0.377 e. The molecular formula is C15H24N2O4. The third-order valence-electron chi connectivity index (χ3n) is 3.82. The lowest BCUT2D eigenvalue weighted by atomic mass is 9.85. The molecule has 6 nitrogen and oxygen atoms in total. The SMILES string of the molecule is CCOC(c1noc(CC(=O)COC)n1)C1CCCCC1. The van der Waals surface area contributed by atoms with Gasteiger partial charge in [-0.3, -0.25) is 4.79 Å². The maximum Gasteiger partial charge on any atom is 0.234 e. The molecule has 0 aromatic carbocycles. The fourth-order valence-corrected chi connectivity index (χ4v) is 2.87. The van der Waals surface area contributed by atoms with Crippen LogP contribution in [0.4, 0.5) is 0 Å². The molecular weight excluding hydrogens is 272 g/mol. The van der Waals surface area contributed by atoms with Crippen molar-refractivity contribution in [3.8, 4) is 0 Å². The summed E-state index contributed by atoms with van der Waals surface area (Å²) in [4.78, 5) is 15.9. The van der Waals surface area contributed by atoms with Crippen molar-refractivity contribution < 1.29 is 18.8 Å². The molecule has 6 heteroatoms. The molecule has 1 atom stereocenters. The zero-order valence-corrected chi connectivity index (χ0v) is 12.8. The van der Waals surface area contributed by atoms with Crippen molar-refractivity contribution in [2.24, 2.45) is 5.92 Å². The van der Waals surface area contributed by atoms with Crippen molar-refractivity contribution in [3.63, 3.8) is 0 Å². The summed E-state index contributed by atoms with van der Waals surface area (Å²) in [6, 6.07) is 0. The second-order valence-corrected chi connectivity index (χ2v) is 5.47. The summed E-state index contributed by atoms with van der Waals surface area (Å²) in [6.45, 7) is 2.65. The molecule has 0 bridgehead atoms. The molecule has 0 radical (unpaired) electrons. The lowest BCUT2D eigenvalue weighted by Gasteiger charge is -2.27. The summed E-state index contributed by atoms with van der Waals surface area (Å²) < 4.78 is 15.8. The Kier molecular flexibility index (Phi) is 6.32. The summed E-state index contributed by atoms with van der Waals surface area (Å²) in [5.41, 5.74) is 0. The van der Waals surface area contributed by atoms with Crippen LogP contribution >= 0.6 is 0 Å². The Bertz CT molecular complexity index is 441. The Morgan fingerprint density at radius 1 is 1.38 bits per heavy atom. The average Bonchev–Trinajstić information content (AvgIpc) is 2.94. The van der Waals surface area contributed by atoms with Gasteiger partial charge < -0.3 is 14.0 Å². The van der Waals surface area contributed by atoms with Gasteiger partial charge in [0, 0.05) is 13.7 Å². The highest BCUT2D eigenvalue weighted by molar-refractivity contribution is 5.81. The van der Waals surface area contributed by atoms with Crippen LogP contribution in [0, 0.1) is 5.92 Å². The quantitative estimate of drug-likeness (QED) is 0.733. The standard InChI is InChI=1S/C15H24N2O4/c1-3-20-14(11-7-5-4-6-8-11)15-16-13(21-17-15)9-12(18)10-19-2/h11,14H,3-10H2,1-2H3. The van der Waals surface area contributed by atoms with E-state index in [2.05, 4.69) is 10.1 Å². The molecule has 1 aromatic heterocycles. The summed E-state index contributed by atoms with van der Waals surface area (Å²) >= 11 is 0. The highest BCUT2D eigenvalue weighted by atomic mass is 16.5. The van der Waals surface area contributed by atoms with Crippen LogP contribution in [0.3, 0.4) is 0 Å². The van der Waals surface area contributed by atoms with Crippen LogP contribution < -0.4 is 0 Å². The van der Waals surface area contributed by atoms with Crippen molar-refractivity contribution >= 4 is 5.78 Å². The van der Waals surface area contributed by atoms with E-state index in [-0.39, 0.29) is 24.9 Å². The minimum absolute atomic E-state index is 0.0647. The molecule has 118 valence electrons. The van der Waals surface area contributed by atoms with Crippen LogP contribution in [0.2, 0.25) is 0 Å². The fourth-order valence-electron chi connectivity index (χ4n) is 2.87. The first kappa shape index (κ1) is 16.1. The third-order valence-corrected chi connectivity index (χ3v) is 3.82. The van der Waals surface area contributed by atoms with Gasteiger partial charge in [-0.25, -0.2) is 0 Å². The molecule has 1 heterocycles. The molecule has 0 aliphatic heterocycles. The maximum atomic E-state index is 11.5. The number of carbonyl (C=O) groups excluding carboxylic acids is 1. The number of nitrogens with zero attached hydrogens (tertiary/aromatic N) is 2. The molecule has 1 fully saturated rings. The van der Waals surface area contributed by atoms with Gasteiger partial charge in [-0.15, -0.1) is 0 Å². The lowest BCUT2D eigenvalue weighted by molar-refractivity contribution is -0.122. The number of hydrogen-bond acceptors (Lipinski definition) is 6. The molecule has 0 N–H and O–H groups in total. The Morgan fingerprint density at radius 2 is 2.14 bits per heavy atom. The number of rotatable bonds is 8. The topological polar surface area (TPSA) is 74.5 Å². The van der Waals surface area contributed by atoms with Crippen LogP contribution in [-0.2, 0) is 20.7 Å². The first-order chi connectivity index (χ1) is 10.2. The van der Waals surface area contributed by atoms with Crippen molar-refractivity contribution in [2.45, 2.75) is 51.6 Å². The molecule has 2 rings (SSSR count). The highest BCUT2D eigenvalue weighted by Crippen LogP contribution is 2.35. The molecule has 0 saturated heterocycles. The van der Waals surface area contributed by atoms with Crippen molar-refractivity contribution in [1.29, 1.82) is 0 Å². The number of ether oxygens (including phenoxy) is 2. The number of ketones is 1. The Morgan fingerprint density at radius 3 is 2.81 bits per heavy atom. The zero-order valence-electron chi connectivity index (χ0n) is 12.8. The summed E-state index contributed by atoms with van der Waals surface area (Å²) in [5, 5.41) is 4.02. The third kappa shape index (κ3) is 4.61. The number of methoxy groups -OCH3 is 1. The van der Waals surface area contributed by atoms with Crippen LogP contribution in [0.1, 0.15) is 56.8 Å². The highest BCUT2D eigenvalue weighted by Gasteiger charge is 2.29. The van der Waals surface area contributed by atoms with E-state index in [0.29, 0.717) is 24.2 Å². The first-order valence-electron chi connectivity index (χ1n) is 7.69. The normalized spacial score (nSPS) is 17.8. The predicted octanol–water partition coefficient (Wildman–Crippen LogP) is 2.49. The van der Waals surface area contributed by atoms with E-state index < -0.39 is 0 Å². The van der Waals surface area contributed by atoms with Crippen LogP contribution in [0.5, 0.6) is 0 Å². The second kappa shape index (κ2) is 8.24. The number of hydrogen-bond donors (Lipinski definition) is 0. The van der Waals surface area contributed by atoms with E-state index in [4.69, 9.17) is 14.0 Å². The molecule has 1 aliphatic rings. The molecule has 1 aromatic rings. The molecule has 1 saturated carbocycles. The Labute approximate surface area is 125 Å². The van der Waals surface area contributed by atoms with Gasteiger partial charge in [-0.2, -0.15) is 4.98 Å². The van der Waals surface area contributed by atoms with Crippen molar-refractivity contribution in [1.82, 2.24) is 10.1 Å².